The van der Waals surface area contributed by atoms with Crippen LogP contribution in [0.3, 0.4) is 0 Å². The monoisotopic (exact) mass is 532 g/mol. The normalized spacial score (nSPS) is 19.8. The van der Waals surface area contributed by atoms with Gasteiger partial charge in [-0.1, -0.05) is 18.2 Å². The van der Waals surface area contributed by atoms with Gasteiger partial charge in [0.15, 0.2) is 5.96 Å². The average molecular weight is 532 g/mol. The molecule has 2 aliphatic rings. The van der Waals surface area contributed by atoms with E-state index in [0.29, 0.717) is 6.54 Å². The molecule has 0 aromatic heterocycles. The Bertz CT molecular complexity index is 618. The van der Waals surface area contributed by atoms with Gasteiger partial charge in [0.1, 0.15) is 12.4 Å². The molecule has 0 aliphatic carbocycles. The summed E-state index contributed by atoms with van der Waals surface area (Å²) in [5.41, 5.74) is -0.185. The van der Waals surface area contributed by atoms with Crippen LogP contribution in [0.4, 0.5) is 0 Å². The maximum Gasteiger partial charge on any atom is 0.194 e. The minimum Gasteiger partial charge on any atom is -0.492 e. The minimum atomic E-state index is -0.185. The summed E-state index contributed by atoms with van der Waals surface area (Å²) in [7, 11) is 1.80. The number of halogens is 1. The van der Waals surface area contributed by atoms with Crippen molar-refractivity contribution in [2.75, 3.05) is 72.7 Å². The number of para-hydroxylation sites is 1. The van der Waals surface area contributed by atoms with Gasteiger partial charge in [-0.3, -0.25) is 9.89 Å². The van der Waals surface area contributed by atoms with E-state index in [-0.39, 0.29) is 29.6 Å². The van der Waals surface area contributed by atoms with Crippen molar-refractivity contribution in [3.63, 3.8) is 0 Å². The Morgan fingerprint density at radius 1 is 1.13 bits per heavy atom. The van der Waals surface area contributed by atoms with E-state index in [9.17, 15) is 0 Å². The van der Waals surface area contributed by atoms with E-state index in [2.05, 4.69) is 22.0 Å². The standard InChI is InChI=1S/C22H36N4O3.HI/c1-3-23-21(24-19-22(27-2)9-16-28-17-10-22)26-13-11-25(12-14-26)15-18-29-20-7-5-4-6-8-20;/h4-8H,3,9-19H2,1-2H3,(H,23,24);1H. The lowest BCUT2D eigenvalue weighted by atomic mass is 9.94. The van der Waals surface area contributed by atoms with Crippen LogP contribution in [0, 0.1) is 0 Å². The number of hydrogen-bond acceptors (Lipinski definition) is 5. The van der Waals surface area contributed by atoms with Crippen molar-refractivity contribution in [2.45, 2.75) is 25.4 Å². The summed E-state index contributed by atoms with van der Waals surface area (Å²) >= 11 is 0. The number of rotatable bonds is 8. The lowest BCUT2D eigenvalue weighted by molar-refractivity contribution is -0.0829. The number of methoxy groups -OCH3 is 1. The zero-order valence-corrected chi connectivity index (χ0v) is 20.7. The third-order valence-electron chi connectivity index (χ3n) is 5.78. The summed E-state index contributed by atoms with van der Waals surface area (Å²) in [6.45, 7) is 10.8. The number of aliphatic imine (C=N–C) groups is 1. The topological polar surface area (TPSA) is 58.6 Å². The highest BCUT2D eigenvalue weighted by Gasteiger charge is 2.32. The number of nitrogens with zero attached hydrogens (tertiary/aromatic N) is 3. The summed E-state index contributed by atoms with van der Waals surface area (Å²) in [6, 6.07) is 10.0. The van der Waals surface area contributed by atoms with Crippen LogP contribution in [0.5, 0.6) is 5.75 Å². The van der Waals surface area contributed by atoms with E-state index < -0.39 is 0 Å². The fourth-order valence-corrected chi connectivity index (χ4v) is 3.81. The van der Waals surface area contributed by atoms with Crippen molar-refractivity contribution >= 4 is 29.9 Å². The SMILES string of the molecule is CCNC(=NCC1(OC)CCOCC1)N1CCN(CCOc2ccccc2)CC1.I. The van der Waals surface area contributed by atoms with Crippen molar-refractivity contribution in [3.05, 3.63) is 30.3 Å². The summed E-state index contributed by atoms with van der Waals surface area (Å²) in [5, 5.41) is 3.46. The van der Waals surface area contributed by atoms with Crippen LogP contribution in [0.1, 0.15) is 19.8 Å². The lowest BCUT2D eigenvalue weighted by Gasteiger charge is -2.38. The van der Waals surface area contributed by atoms with Crippen LogP contribution in [-0.2, 0) is 9.47 Å². The number of ether oxygens (including phenoxy) is 3. The molecule has 0 unspecified atom stereocenters. The zero-order valence-electron chi connectivity index (χ0n) is 18.3. The third kappa shape index (κ3) is 7.55. The summed E-state index contributed by atoms with van der Waals surface area (Å²) in [6.07, 6.45) is 1.81. The van der Waals surface area contributed by atoms with E-state index in [0.717, 1.165) is 83.6 Å². The van der Waals surface area contributed by atoms with Gasteiger partial charge in [0, 0.05) is 72.4 Å². The molecule has 0 radical (unpaired) electrons. The maximum absolute atomic E-state index is 5.84. The summed E-state index contributed by atoms with van der Waals surface area (Å²) in [4.78, 5) is 9.76. The van der Waals surface area contributed by atoms with Gasteiger partial charge in [0.25, 0.3) is 0 Å². The Hall–Kier alpha value is -1.10. The molecule has 2 heterocycles. The van der Waals surface area contributed by atoms with E-state index in [1.807, 2.05) is 30.3 Å². The van der Waals surface area contributed by atoms with Gasteiger partial charge in [-0.25, -0.2) is 0 Å². The number of nitrogens with one attached hydrogen (secondary N) is 1. The highest BCUT2D eigenvalue weighted by molar-refractivity contribution is 14.0. The number of hydrogen-bond donors (Lipinski definition) is 1. The Kier molecular flexibility index (Phi) is 11.2. The molecule has 7 nitrogen and oxygen atoms in total. The van der Waals surface area contributed by atoms with Crippen LogP contribution < -0.4 is 10.1 Å². The van der Waals surface area contributed by atoms with E-state index in [1.165, 1.54) is 0 Å². The first-order chi connectivity index (χ1) is 14.2. The molecule has 2 fully saturated rings. The molecule has 170 valence electrons. The second-order valence-electron chi connectivity index (χ2n) is 7.66. The molecule has 2 saturated heterocycles. The first kappa shape index (κ1) is 25.2. The predicted molar refractivity (Wildman–Crippen MR) is 131 cm³/mol. The first-order valence-corrected chi connectivity index (χ1v) is 10.8. The van der Waals surface area contributed by atoms with Crippen LogP contribution in [0.25, 0.3) is 0 Å². The van der Waals surface area contributed by atoms with Crippen molar-refractivity contribution in [2.24, 2.45) is 4.99 Å². The quantitative estimate of drug-likeness (QED) is 0.316. The smallest absolute Gasteiger partial charge is 0.194 e. The Labute approximate surface area is 198 Å². The molecule has 1 N–H and O–H groups in total. The molecule has 0 saturated carbocycles. The first-order valence-electron chi connectivity index (χ1n) is 10.8. The molecule has 30 heavy (non-hydrogen) atoms. The van der Waals surface area contributed by atoms with Crippen molar-refractivity contribution in [1.29, 1.82) is 0 Å². The molecule has 0 amide bonds. The number of benzene rings is 1. The van der Waals surface area contributed by atoms with Gasteiger partial charge >= 0.3 is 0 Å². The van der Waals surface area contributed by atoms with Gasteiger partial charge in [-0.15, -0.1) is 24.0 Å². The third-order valence-corrected chi connectivity index (χ3v) is 5.78. The molecule has 0 bridgehead atoms. The Morgan fingerprint density at radius 3 is 2.47 bits per heavy atom. The van der Waals surface area contributed by atoms with Gasteiger partial charge in [-0.2, -0.15) is 0 Å². The Balaban J connectivity index is 0.00000320. The molecule has 8 heteroatoms. The second kappa shape index (κ2) is 13.3. The molecule has 1 aromatic carbocycles. The fraction of sp³-hybridized carbons (Fsp3) is 0.682. The van der Waals surface area contributed by atoms with Crippen LogP contribution in [-0.4, -0.2) is 94.1 Å². The molecule has 1 aromatic rings. The molecular weight excluding hydrogens is 495 g/mol. The van der Waals surface area contributed by atoms with E-state index in [1.54, 1.807) is 7.11 Å². The molecular formula is C22H37IN4O3. The molecule has 0 spiro atoms. The van der Waals surface area contributed by atoms with Crippen molar-refractivity contribution < 1.29 is 14.2 Å². The average Bonchev–Trinajstić information content (AvgIpc) is 2.78. The van der Waals surface area contributed by atoms with E-state index in [4.69, 9.17) is 19.2 Å². The summed E-state index contributed by atoms with van der Waals surface area (Å²) < 4.78 is 17.2. The lowest BCUT2D eigenvalue weighted by Crippen LogP contribution is -2.53. The van der Waals surface area contributed by atoms with Gasteiger partial charge in [-0.05, 0) is 19.1 Å². The molecule has 0 atom stereocenters. The fourth-order valence-electron chi connectivity index (χ4n) is 3.81. The number of guanidine groups is 1. The van der Waals surface area contributed by atoms with Crippen LogP contribution in [0.15, 0.2) is 35.3 Å². The predicted octanol–water partition coefficient (Wildman–Crippen LogP) is 2.46. The highest BCUT2D eigenvalue weighted by atomic mass is 127. The van der Waals surface area contributed by atoms with E-state index >= 15 is 0 Å². The zero-order chi connectivity index (χ0) is 20.4. The van der Waals surface area contributed by atoms with Gasteiger partial charge in [0.2, 0.25) is 0 Å². The second-order valence-corrected chi connectivity index (χ2v) is 7.66. The minimum absolute atomic E-state index is 0. The van der Waals surface area contributed by atoms with Crippen molar-refractivity contribution in [1.82, 2.24) is 15.1 Å². The largest absolute Gasteiger partial charge is 0.492 e. The summed E-state index contributed by atoms with van der Waals surface area (Å²) in [5.74, 6) is 1.93. The van der Waals surface area contributed by atoms with Crippen molar-refractivity contribution in [3.8, 4) is 5.75 Å². The van der Waals surface area contributed by atoms with Crippen LogP contribution in [0.2, 0.25) is 0 Å². The van der Waals surface area contributed by atoms with Gasteiger partial charge in [0.05, 0.1) is 12.1 Å². The Morgan fingerprint density at radius 2 is 1.83 bits per heavy atom. The van der Waals surface area contributed by atoms with Gasteiger partial charge < -0.3 is 24.4 Å². The molecule has 2 aliphatic heterocycles. The maximum atomic E-state index is 5.84. The number of piperazine rings is 1. The molecule has 3 rings (SSSR count). The van der Waals surface area contributed by atoms with Crippen LogP contribution >= 0.6 is 24.0 Å². The highest BCUT2D eigenvalue weighted by Crippen LogP contribution is 2.25.